The fourth-order valence-electron chi connectivity index (χ4n) is 1.84. The molecule has 0 fully saturated rings. The Kier molecular flexibility index (Phi) is 4.63. The van der Waals surface area contributed by atoms with Crippen LogP contribution in [0.15, 0.2) is 36.4 Å². The molecule has 0 aromatic heterocycles. The normalized spacial score (nSPS) is 9.88. The van der Waals surface area contributed by atoms with E-state index in [9.17, 15) is 0 Å². The van der Waals surface area contributed by atoms with Crippen molar-refractivity contribution in [1.82, 2.24) is 0 Å². The molecule has 2 aromatic carbocycles. The molecule has 0 atom stereocenters. The van der Waals surface area contributed by atoms with Gasteiger partial charge in [-0.25, -0.2) is 0 Å². The molecule has 1 heteroatoms. The van der Waals surface area contributed by atoms with E-state index in [-0.39, 0.29) is 18.9 Å². The largest absolute Gasteiger partial charge is 0.0584 e. The van der Waals surface area contributed by atoms with E-state index in [1.54, 1.807) is 0 Å². The summed E-state index contributed by atoms with van der Waals surface area (Å²) in [5.41, 5.74) is 8.05. The molecule has 0 heterocycles. The van der Waals surface area contributed by atoms with E-state index < -0.39 is 0 Å². The van der Waals surface area contributed by atoms with Crippen LogP contribution in [0.5, 0.6) is 0 Å². The molecule has 2 rings (SSSR count). The Labute approximate surface area is 116 Å². The van der Waals surface area contributed by atoms with Crippen LogP contribution in [0.1, 0.15) is 22.3 Å². The molecule has 1 radical (unpaired) electrons. The molecule has 0 saturated carbocycles. The third kappa shape index (κ3) is 3.03. The molecule has 0 aliphatic rings. The van der Waals surface area contributed by atoms with Crippen LogP contribution in [0, 0.1) is 27.7 Å². The van der Waals surface area contributed by atoms with Gasteiger partial charge in [0.2, 0.25) is 0 Å². The SMILES string of the molecule is Cc1ccc(-c2ccc(C)c(C)c2)cc1C.[Li]. The topological polar surface area (TPSA) is 0 Å². The van der Waals surface area contributed by atoms with E-state index in [4.69, 9.17) is 0 Å². The molecule has 0 N–H and O–H groups in total. The van der Waals surface area contributed by atoms with Gasteiger partial charge in [0.05, 0.1) is 0 Å². The molecule has 0 amide bonds. The number of aryl methyl sites for hydroxylation is 4. The Morgan fingerprint density at radius 2 is 0.882 bits per heavy atom. The van der Waals surface area contributed by atoms with Crippen molar-refractivity contribution in [2.75, 3.05) is 0 Å². The van der Waals surface area contributed by atoms with E-state index in [1.807, 2.05) is 0 Å². The van der Waals surface area contributed by atoms with Crippen molar-refractivity contribution in [3.05, 3.63) is 58.7 Å². The molecule has 0 bridgehead atoms. The summed E-state index contributed by atoms with van der Waals surface area (Å²) in [5, 5.41) is 0. The summed E-state index contributed by atoms with van der Waals surface area (Å²) in [6.45, 7) is 8.64. The summed E-state index contributed by atoms with van der Waals surface area (Å²) in [4.78, 5) is 0. The van der Waals surface area contributed by atoms with Crippen LogP contribution >= 0.6 is 0 Å². The maximum absolute atomic E-state index is 2.26. The van der Waals surface area contributed by atoms with Crippen molar-refractivity contribution in [3.63, 3.8) is 0 Å². The Balaban J connectivity index is 0.00000144. The first-order valence-corrected chi connectivity index (χ1v) is 5.73. The molecular formula is C16H18Li. The van der Waals surface area contributed by atoms with Crippen molar-refractivity contribution in [1.29, 1.82) is 0 Å². The van der Waals surface area contributed by atoms with E-state index in [2.05, 4.69) is 64.1 Å². The Morgan fingerprint density at radius 1 is 0.529 bits per heavy atom. The van der Waals surface area contributed by atoms with Crippen molar-refractivity contribution < 1.29 is 0 Å². The van der Waals surface area contributed by atoms with Crippen LogP contribution in [-0.4, -0.2) is 18.9 Å². The summed E-state index contributed by atoms with van der Waals surface area (Å²) in [6.07, 6.45) is 0. The van der Waals surface area contributed by atoms with Gasteiger partial charge in [0.15, 0.2) is 0 Å². The van der Waals surface area contributed by atoms with Crippen LogP contribution < -0.4 is 0 Å². The van der Waals surface area contributed by atoms with E-state index >= 15 is 0 Å². The maximum atomic E-state index is 2.26. The van der Waals surface area contributed by atoms with Gasteiger partial charge in [-0.05, 0) is 61.1 Å². The molecule has 17 heavy (non-hydrogen) atoms. The van der Waals surface area contributed by atoms with Crippen molar-refractivity contribution >= 4 is 18.9 Å². The Hall–Kier alpha value is -0.963. The minimum atomic E-state index is 0. The van der Waals surface area contributed by atoms with Gasteiger partial charge in [0, 0.05) is 18.9 Å². The quantitative estimate of drug-likeness (QED) is 0.628. The first-order chi connectivity index (χ1) is 7.58. The standard InChI is InChI=1S/C16H18.Li/c1-11-5-7-15(9-13(11)3)16-8-6-12(2)14(4)10-16;/h5-10H,1-4H3;. The van der Waals surface area contributed by atoms with E-state index in [0.717, 1.165) is 0 Å². The third-order valence-electron chi connectivity index (χ3n) is 3.35. The fraction of sp³-hybridized carbons (Fsp3) is 0.250. The van der Waals surface area contributed by atoms with Crippen molar-refractivity contribution in [2.24, 2.45) is 0 Å². The smallest absolute Gasteiger partial charge is 0 e. The van der Waals surface area contributed by atoms with Crippen LogP contribution in [0.4, 0.5) is 0 Å². The van der Waals surface area contributed by atoms with Gasteiger partial charge >= 0.3 is 0 Å². The zero-order valence-electron chi connectivity index (χ0n) is 11.5. The van der Waals surface area contributed by atoms with E-state index in [1.165, 1.54) is 33.4 Å². The average molecular weight is 217 g/mol. The Bertz CT molecular complexity index is 478. The van der Waals surface area contributed by atoms with Gasteiger partial charge in [-0.2, -0.15) is 0 Å². The second-order valence-corrected chi connectivity index (χ2v) is 4.60. The first-order valence-electron chi connectivity index (χ1n) is 5.73. The molecule has 0 aliphatic carbocycles. The maximum Gasteiger partial charge on any atom is 0 e. The van der Waals surface area contributed by atoms with E-state index in [0.29, 0.717) is 0 Å². The minimum absolute atomic E-state index is 0. The second kappa shape index (κ2) is 5.58. The number of benzene rings is 2. The summed E-state index contributed by atoms with van der Waals surface area (Å²) in [6, 6.07) is 13.3. The zero-order valence-corrected chi connectivity index (χ0v) is 11.5. The van der Waals surface area contributed by atoms with Crippen LogP contribution in [0.2, 0.25) is 0 Å². The Morgan fingerprint density at radius 3 is 1.18 bits per heavy atom. The summed E-state index contributed by atoms with van der Waals surface area (Å²) in [5.74, 6) is 0. The fourth-order valence-corrected chi connectivity index (χ4v) is 1.84. The zero-order chi connectivity index (χ0) is 11.7. The molecule has 83 valence electrons. The van der Waals surface area contributed by atoms with Crippen LogP contribution in [-0.2, 0) is 0 Å². The summed E-state index contributed by atoms with van der Waals surface area (Å²) < 4.78 is 0. The van der Waals surface area contributed by atoms with Gasteiger partial charge in [-0.15, -0.1) is 0 Å². The molecule has 0 nitrogen and oxygen atoms in total. The first kappa shape index (κ1) is 14.1. The van der Waals surface area contributed by atoms with Crippen molar-refractivity contribution in [2.45, 2.75) is 27.7 Å². The predicted octanol–water partition coefficient (Wildman–Crippen LogP) is 4.21. The number of hydrogen-bond acceptors (Lipinski definition) is 0. The monoisotopic (exact) mass is 217 g/mol. The van der Waals surface area contributed by atoms with Gasteiger partial charge in [0.25, 0.3) is 0 Å². The van der Waals surface area contributed by atoms with Gasteiger partial charge in [-0.3, -0.25) is 0 Å². The number of rotatable bonds is 1. The minimum Gasteiger partial charge on any atom is -0.0584 e. The molecule has 0 saturated heterocycles. The molecule has 0 aliphatic heterocycles. The predicted molar refractivity (Wildman–Crippen MR) is 76.6 cm³/mol. The molecule has 0 unspecified atom stereocenters. The van der Waals surface area contributed by atoms with Gasteiger partial charge < -0.3 is 0 Å². The van der Waals surface area contributed by atoms with Gasteiger partial charge in [0.1, 0.15) is 0 Å². The second-order valence-electron chi connectivity index (χ2n) is 4.60. The van der Waals surface area contributed by atoms with Crippen molar-refractivity contribution in [3.8, 4) is 11.1 Å². The molecule has 0 spiro atoms. The van der Waals surface area contributed by atoms with Crippen LogP contribution in [0.25, 0.3) is 11.1 Å². The van der Waals surface area contributed by atoms with Gasteiger partial charge in [-0.1, -0.05) is 36.4 Å². The molecule has 2 aromatic rings. The average Bonchev–Trinajstić information content (AvgIpc) is 2.26. The van der Waals surface area contributed by atoms with Crippen LogP contribution in [0.3, 0.4) is 0 Å². The summed E-state index contributed by atoms with van der Waals surface area (Å²) >= 11 is 0. The number of hydrogen-bond donors (Lipinski definition) is 0. The summed E-state index contributed by atoms with van der Waals surface area (Å²) in [7, 11) is 0. The molecular weight excluding hydrogens is 199 g/mol. The third-order valence-corrected chi connectivity index (χ3v) is 3.35.